The summed E-state index contributed by atoms with van der Waals surface area (Å²) in [5.74, 6) is 1.77. The summed E-state index contributed by atoms with van der Waals surface area (Å²) >= 11 is 7.91. The minimum Gasteiger partial charge on any atom is -0.378 e. The van der Waals surface area contributed by atoms with Crippen molar-refractivity contribution in [1.82, 2.24) is 0 Å². The molecule has 1 fully saturated rings. The number of thioether (sulfide) groups is 1. The Kier molecular flexibility index (Phi) is 4.94. The molecule has 0 bridgehead atoms. The Labute approximate surface area is 117 Å². The van der Waals surface area contributed by atoms with E-state index in [0.29, 0.717) is 22.6 Å². The van der Waals surface area contributed by atoms with Crippen LogP contribution in [0, 0.1) is 17.2 Å². The summed E-state index contributed by atoms with van der Waals surface area (Å²) in [5.41, 5.74) is 0.558. The third-order valence-electron chi connectivity index (χ3n) is 3.15. The van der Waals surface area contributed by atoms with Gasteiger partial charge in [-0.2, -0.15) is 5.26 Å². The summed E-state index contributed by atoms with van der Waals surface area (Å²) in [7, 11) is 0. The number of nitriles is 1. The normalized spacial score (nSPS) is 22.3. The van der Waals surface area contributed by atoms with Crippen LogP contribution in [0.25, 0.3) is 0 Å². The van der Waals surface area contributed by atoms with Gasteiger partial charge in [0.15, 0.2) is 0 Å². The highest BCUT2D eigenvalue weighted by molar-refractivity contribution is 7.99. The smallest absolute Gasteiger partial charge is 0.101 e. The molecule has 0 N–H and O–H groups in total. The zero-order valence-electron chi connectivity index (χ0n) is 10.4. The maximum absolute atomic E-state index is 8.91. The van der Waals surface area contributed by atoms with E-state index in [1.165, 1.54) is 0 Å². The molecular weight excluding hydrogens is 266 g/mol. The van der Waals surface area contributed by atoms with Crippen molar-refractivity contribution >= 4 is 23.4 Å². The summed E-state index contributed by atoms with van der Waals surface area (Å²) in [6.45, 7) is 2.84. The number of benzene rings is 1. The fourth-order valence-electron chi connectivity index (χ4n) is 2.10. The van der Waals surface area contributed by atoms with Crippen molar-refractivity contribution in [3.63, 3.8) is 0 Å². The monoisotopic (exact) mass is 281 g/mol. The Morgan fingerprint density at radius 1 is 1.50 bits per heavy atom. The number of ether oxygens (including phenoxy) is 1. The van der Waals surface area contributed by atoms with E-state index in [-0.39, 0.29) is 0 Å². The van der Waals surface area contributed by atoms with Gasteiger partial charge in [-0.05, 0) is 37.8 Å². The minimum absolute atomic E-state index is 0.460. The van der Waals surface area contributed by atoms with Crippen LogP contribution in [0.4, 0.5) is 0 Å². The van der Waals surface area contributed by atoms with Gasteiger partial charge in [-0.1, -0.05) is 17.7 Å². The number of hydrogen-bond donors (Lipinski definition) is 0. The number of hydrogen-bond acceptors (Lipinski definition) is 3. The molecule has 4 heteroatoms. The standard InChI is InChI=1S/C14H16ClNOS/c1-2-17-12-6-10(7-12)9-18-13-5-3-4-11(8-16)14(13)15/h3-5,10,12H,2,6-7,9H2,1H3. The number of rotatable bonds is 5. The third-order valence-corrected chi connectivity index (χ3v) is 4.96. The average Bonchev–Trinajstić information content (AvgIpc) is 2.33. The van der Waals surface area contributed by atoms with Crippen LogP contribution in [-0.2, 0) is 4.74 Å². The van der Waals surface area contributed by atoms with Gasteiger partial charge in [0, 0.05) is 17.3 Å². The van der Waals surface area contributed by atoms with Gasteiger partial charge in [-0.15, -0.1) is 11.8 Å². The van der Waals surface area contributed by atoms with Gasteiger partial charge in [0.1, 0.15) is 6.07 Å². The van der Waals surface area contributed by atoms with Crippen LogP contribution in [0.1, 0.15) is 25.3 Å². The second kappa shape index (κ2) is 6.47. The van der Waals surface area contributed by atoms with E-state index in [4.69, 9.17) is 21.6 Å². The van der Waals surface area contributed by atoms with Gasteiger partial charge in [-0.25, -0.2) is 0 Å². The highest BCUT2D eigenvalue weighted by Gasteiger charge is 2.29. The first kappa shape index (κ1) is 13.7. The van der Waals surface area contributed by atoms with Gasteiger partial charge in [0.25, 0.3) is 0 Å². The molecular formula is C14H16ClNOS. The lowest BCUT2D eigenvalue weighted by atomic mass is 9.84. The molecule has 1 aliphatic rings. The van der Waals surface area contributed by atoms with E-state index < -0.39 is 0 Å². The second-order valence-corrected chi connectivity index (χ2v) is 5.90. The molecule has 2 nitrogen and oxygen atoms in total. The Bertz CT molecular complexity index is 452. The van der Waals surface area contributed by atoms with Gasteiger partial charge in [-0.3, -0.25) is 0 Å². The van der Waals surface area contributed by atoms with Crippen molar-refractivity contribution in [2.75, 3.05) is 12.4 Å². The Morgan fingerprint density at radius 3 is 2.94 bits per heavy atom. The largest absolute Gasteiger partial charge is 0.378 e. The quantitative estimate of drug-likeness (QED) is 0.761. The van der Waals surface area contributed by atoms with E-state index in [9.17, 15) is 0 Å². The molecule has 0 saturated heterocycles. The van der Waals surface area contributed by atoms with Gasteiger partial charge in [0.2, 0.25) is 0 Å². The van der Waals surface area contributed by atoms with Crippen LogP contribution < -0.4 is 0 Å². The lowest BCUT2D eigenvalue weighted by molar-refractivity contribution is -0.0176. The molecule has 2 rings (SSSR count). The molecule has 0 aliphatic heterocycles. The molecule has 96 valence electrons. The molecule has 0 radical (unpaired) electrons. The van der Waals surface area contributed by atoms with Crippen molar-refractivity contribution in [2.24, 2.45) is 5.92 Å². The maximum Gasteiger partial charge on any atom is 0.101 e. The first-order chi connectivity index (χ1) is 8.74. The van der Waals surface area contributed by atoms with Crippen molar-refractivity contribution in [1.29, 1.82) is 5.26 Å². The van der Waals surface area contributed by atoms with Crippen molar-refractivity contribution < 1.29 is 4.74 Å². The summed E-state index contributed by atoms with van der Waals surface area (Å²) in [6.07, 6.45) is 2.76. The molecule has 18 heavy (non-hydrogen) atoms. The summed E-state index contributed by atoms with van der Waals surface area (Å²) in [4.78, 5) is 1.01. The Hall–Kier alpha value is -0.690. The summed E-state index contributed by atoms with van der Waals surface area (Å²) < 4.78 is 5.54. The Balaban J connectivity index is 1.83. The molecule has 0 heterocycles. The highest BCUT2D eigenvalue weighted by atomic mass is 35.5. The van der Waals surface area contributed by atoms with Gasteiger partial charge in [0.05, 0.1) is 16.7 Å². The van der Waals surface area contributed by atoms with Crippen LogP contribution in [0.15, 0.2) is 23.1 Å². The second-order valence-electron chi connectivity index (χ2n) is 4.46. The molecule has 1 aromatic rings. The first-order valence-electron chi connectivity index (χ1n) is 6.17. The van der Waals surface area contributed by atoms with Crippen LogP contribution in [0.2, 0.25) is 5.02 Å². The maximum atomic E-state index is 8.91. The summed E-state index contributed by atoms with van der Waals surface area (Å²) in [6, 6.07) is 7.72. The average molecular weight is 282 g/mol. The van der Waals surface area contributed by atoms with E-state index in [2.05, 4.69) is 6.07 Å². The molecule has 0 spiro atoms. The molecule has 0 atom stereocenters. The molecule has 1 aromatic carbocycles. The van der Waals surface area contributed by atoms with Crippen LogP contribution in [-0.4, -0.2) is 18.5 Å². The highest BCUT2D eigenvalue weighted by Crippen LogP contribution is 2.37. The molecule has 0 aromatic heterocycles. The van der Waals surface area contributed by atoms with Crippen LogP contribution in [0.3, 0.4) is 0 Å². The molecule has 1 aliphatic carbocycles. The molecule has 0 amide bonds. The van der Waals surface area contributed by atoms with E-state index in [1.54, 1.807) is 17.8 Å². The minimum atomic E-state index is 0.460. The number of nitrogens with zero attached hydrogens (tertiary/aromatic N) is 1. The summed E-state index contributed by atoms with van der Waals surface area (Å²) in [5, 5.41) is 9.50. The zero-order valence-corrected chi connectivity index (χ0v) is 11.9. The SMILES string of the molecule is CCOC1CC(CSc2cccc(C#N)c2Cl)C1. The molecule has 0 unspecified atom stereocenters. The van der Waals surface area contributed by atoms with Gasteiger partial charge < -0.3 is 4.74 Å². The van der Waals surface area contributed by atoms with E-state index in [1.807, 2.05) is 19.1 Å². The Morgan fingerprint density at radius 2 is 2.28 bits per heavy atom. The predicted molar refractivity (Wildman–Crippen MR) is 75.0 cm³/mol. The molecule has 1 saturated carbocycles. The lowest BCUT2D eigenvalue weighted by Gasteiger charge is -2.34. The zero-order chi connectivity index (χ0) is 13.0. The number of halogens is 1. The topological polar surface area (TPSA) is 33.0 Å². The fraction of sp³-hybridized carbons (Fsp3) is 0.500. The van der Waals surface area contributed by atoms with Crippen molar-refractivity contribution in [3.8, 4) is 6.07 Å². The predicted octanol–water partition coefficient (Wildman–Crippen LogP) is 4.12. The first-order valence-corrected chi connectivity index (χ1v) is 7.54. The van der Waals surface area contributed by atoms with E-state index >= 15 is 0 Å². The van der Waals surface area contributed by atoms with E-state index in [0.717, 1.165) is 30.1 Å². The lowest BCUT2D eigenvalue weighted by Crippen LogP contribution is -2.32. The van der Waals surface area contributed by atoms with Crippen molar-refractivity contribution in [2.45, 2.75) is 30.8 Å². The van der Waals surface area contributed by atoms with Crippen molar-refractivity contribution in [3.05, 3.63) is 28.8 Å². The van der Waals surface area contributed by atoms with Crippen LogP contribution in [0.5, 0.6) is 0 Å². The fourth-order valence-corrected chi connectivity index (χ4v) is 3.53. The third kappa shape index (κ3) is 3.20. The van der Waals surface area contributed by atoms with Crippen LogP contribution >= 0.6 is 23.4 Å². The van der Waals surface area contributed by atoms with Gasteiger partial charge >= 0.3 is 0 Å².